The van der Waals surface area contributed by atoms with E-state index in [1.54, 1.807) is 12.4 Å². The van der Waals surface area contributed by atoms with Crippen molar-refractivity contribution in [1.82, 2.24) is 4.98 Å². The van der Waals surface area contributed by atoms with Crippen molar-refractivity contribution >= 4 is 21.6 Å². The molecule has 54 valence electrons. The number of rotatable bonds is 1. The van der Waals surface area contributed by atoms with E-state index in [0.29, 0.717) is 4.83 Å². The summed E-state index contributed by atoms with van der Waals surface area (Å²) >= 11 is 3.43. The molecule has 1 rings (SSSR count). The van der Waals surface area contributed by atoms with E-state index in [0.717, 1.165) is 11.3 Å². The first-order valence-corrected chi connectivity index (χ1v) is 3.97. The Morgan fingerprint density at radius 1 is 1.70 bits per heavy atom. The number of halogens is 1. The number of pyridine rings is 1. The zero-order valence-electron chi connectivity index (χ0n) is 5.71. The summed E-state index contributed by atoms with van der Waals surface area (Å²) in [7, 11) is 0. The first kappa shape index (κ1) is 7.54. The molecule has 0 fully saturated rings. The zero-order valence-corrected chi connectivity index (χ0v) is 7.30. The molecule has 1 atom stereocenters. The molecule has 0 aliphatic rings. The van der Waals surface area contributed by atoms with Gasteiger partial charge in [-0.15, -0.1) is 0 Å². The largest absolute Gasteiger partial charge is 0.397 e. The van der Waals surface area contributed by atoms with Crippen LogP contribution < -0.4 is 5.73 Å². The molecular weight excluding hydrogens is 192 g/mol. The molecule has 0 aliphatic carbocycles. The number of nitrogen functional groups attached to an aromatic ring is 1. The maximum Gasteiger partial charge on any atom is 0.0544 e. The van der Waals surface area contributed by atoms with Gasteiger partial charge in [0.15, 0.2) is 0 Å². The van der Waals surface area contributed by atoms with Gasteiger partial charge in [0, 0.05) is 11.0 Å². The van der Waals surface area contributed by atoms with Crippen LogP contribution in [0.2, 0.25) is 0 Å². The fraction of sp³-hybridized carbons (Fsp3) is 0.286. The Bertz CT molecular complexity index is 223. The fourth-order valence-electron chi connectivity index (χ4n) is 0.780. The number of hydrogen-bond donors (Lipinski definition) is 1. The van der Waals surface area contributed by atoms with Crippen LogP contribution in [0.25, 0.3) is 0 Å². The van der Waals surface area contributed by atoms with Gasteiger partial charge < -0.3 is 5.73 Å². The number of nitrogens with zero attached hydrogens (tertiary/aromatic N) is 1. The van der Waals surface area contributed by atoms with Crippen LogP contribution in [0, 0.1) is 0 Å². The van der Waals surface area contributed by atoms with Crippen LogP contribution in [-0.4, -0.2) is 4.98 Å². The molecule has 3 heteroatoms. The molecule has 0 amide bonds. The maximum absolute atomic E-state index is 5.63. The summed E-state index contributed by atoms with van der Waals surface area (Å²) in [5.41, 5.74) is 7.46. The monoisotopic (exact) mass is 200 g/mol. The van der Waals surface area contributed by atoms with Crippen molar-refractivity contribution in [3.8, 4) is 0 Å². The summed E-state index contributed by atoms with van der Waals surface area (Å²) in [6.45, 7) is 2.03. The second kappa shape index (κ2) is 3.01. The molecule has 0 aliphatic heterocycles. The number of anilines is 1. The summed E-state index contributed by atoms with van der Waals surface area (Å²) in [5.74, 6) is 0. The van der Waals surface area contributed by atoms with Crippen molar-refractivity contribution in [3.63, 3.8) is 0 Å². The van der Waals surface area contributed by atoms with Crippen LogP contribution in [0.4, 0.5) is 5.69 Å². The molecule has 2 nitrogen and oxygen atoms in total. The Morgan fingerprint density at radius 3 is 2.80 bits per heavy atom. The van der Waals surface area contributed by atoms with Gasteiger partial charge in [-0.2, -0.15) is 0 Å². The molecule has 10 heavy (non-hydrogen) atoms. The third kappa shape index (κ3) is 1.48. The van der Waals surface area contributed by atoms with E-state index >= 15 is 0 Å². The fourth-order valence-corrected chi connectivity index (χ4v) is 1.20. The molecule has 0 radical (unpaired) electrons. The van der Waals surface area contributed by atoms with E-state index in [1.165, 1.54) is 0 Å². The Hall–Kier alpha value is -0.570. The number of alkyl halides is 1. The molecular formula is C7H9BrN2. The molecule has 0 saturated carbocycles. The molecule has 1 aromatic heterocycles. The summed E-state index contributed by atoms with van der Waals surface area (Å²) in [6, 6.07) is 1.91. The van der Waals surface area contributed by atoms with Crippen LogP contribution in [0.5, 0.6) is 0 Å². The SMILES string of the molecule is CC(Br)c1ccncc1N. The van der Waals surface area contributed by atoms with Gasteiger partial charge in [0.05, 0.1) is 11.9 Å². The lowest BCUT2D eigenvalue weighted by Gasteiger charge is -2.04. The predicted molar refractivity (Wildman–Crippen MR) is 46.0 cm³/mol. The molecule has 1 heterocycles. The van der Waals surface area contributed by atoms with E-state index in [-0.39, 0.29) is 0 Å². The van der Waals surface area contributed by atoms with Crippen LogP contribution in [0.15, 0.2) is 18.5 Å². The highest BCUT2D eigenvalue weighted by molar-refractivity contribution is 9.09. The van der Waals surface area contributed by atoms with Gasteiger partial charge in [-0.25, -0.2) is 0 Å². The topological polar surface area (TPSA) is 38.9 Å². The average molecular weight is 201 g/mol. The summed E-state index contributed by atoms with van der Waals surface area (Å²) in [6.07, 6.45) is 3.40. The minimum atomic E-state index is 0.301. The molecule has 1 unspecified atom stereocenters. The van der Waals surface area contributed by atoms with Crippen LogP contribution in [0.3, 0.4) is 0 Å². The Labute approximate surface area is 68.6 Å². The van der Waals surface area contributed by atoms with E-state index in [9.17, 15) is 0 Å². The van der Waals surface area contributed by atoms with Gasteiger partial charge in [-0.1, -0.05) is 15.9 Å². The Kier molecular flexibility index (Phi) is 2.27. The highest BCUT2D eigenvalue weighted by Crippen LogP contribution is 2.25. The van der Waals surface area contributed by atoms with Gasteiger partial charge in [-0.3, -0.25) is 4.98 Å². The Morgan fingerprint density at radius 2 is 2.40 bits per heavy atom. The van der Waals surface area contributed by atoms with E-state index in [1.807, 2.05) is 13.0 Å². The lowest BCUT2D eigenvalue weighted by Crippen LogP contribution is -1.94. The van der Waals surface area contributed by atoms with Crippen molar-refractivity contribution in [1.29, 1.82) is 0 Å². The lowest BCUT2D eigenvalue weighted by molar-refractivity contribution is 1.11. The number of nitrogens with two attached hydrogens (primary N) is 1. The minimum absolute atomic E-state index is 0.301. The van der Waals surface area contributed by atoms with E-state index in [4.69, 9.17) is 5.73 Å². The smallest absolute Gasteiger partial charge is 0.0544 e. The van der Waals surface area contributed by atoms with E-state index < -0.39 is 0 Å². The highest BCUT2D eigenvalue weighted by Gasteiger charge is 2.02. The van der Waals surface area contributed by atoms with Crippen molar-refractivity contribution in [2.75, 3.05) is 5.73 Å². The second-order valence-electron chi connectivity index (χ2n) is 2.12. The van der Waals surface area contributed by atoms with Crippen LogP contribution in [-0.2, 0) is 0 Å². The standard InChI is InChI=1S/C7H9BrN2/c1-5(8)6-2-3-10-4-7(6)9/h2-5H,9H2,1H3. The summed E-state index contributed by atoms with van der Waals surface area (Å²) in [4.78, 5) is 4.18. The molecule has 0 bridgehead atoms. The quantitative estimate of drug-likeness (QED) is 0.706. The van der Waals surface area contributed by atoms with Crippen molar-refractivity contribution in [3.05, 3.63) is 24.0 Å². The van der Waals surface area contributed by atoms with Crippen molar-refractivity contribution in [2.45, 2.75) is 11.8 Å². The number of aromatic nitrogens is 1. The van der Waals surface area contributed by atoms with Crippen molar-refractivity contribution < 1.29 is 0 Å². The third-order valence-corrected chi connectivity index (χ3v) is 1.81. The van der Waals surface area contributed by atoms with Gasteiger partial charge in [0.1, 0.15) is 0 Å². The third-order valence-electron chi connectivity index (χ3n) is 1.32. The van der Waals surface area contributed by atoms with Gasteiger partial charge in [0.25, 0.3) is 0 Å². The average Bonchev–Trinajstić information content (AvgIpc) is 1.88. The van der Waals surface area contributed by atoms with E-state index in [2.05, 4.69) is 20.9 Å². The first-order chi connectivity index (χ1) is 4.72. The summed E-state index contributed by atoms with van der Waals surface area (Å²) < 4.78 is 0. The van der Waals surface area contributed by atoms with Crippen LogP contribution >= 0.6 is 15.9 Å². The van der Waals surface area contributed by atoms with Gasteiger partial charge in [-0.05, 0) is 18.6 Å². The molecule has 2 N–H and O–H groups in total. The van der Waals surface area contributed by atoms with Crippen molar-refractivity contribution in [2.24, 2.45) is 0 Å². The van der Waals surface area contributed by atoms with Crippen LogP contribution in [0.1, 0.15) is 17.3 Å². The first-order valence-electron chi connectivity index (χ1n) is 3.05. The van der Waals surface area contributed by atoms with Gasteiger partial charge in [0.2, 0.25) is 0 Å². The maximum atomic E-state index is 5.63. The number of hydrogen-bond acceptors (Lipinski definition) is 2. The predicted octanol–water partition coefficient (Wildman–Crippen LogP) is 2.12. The normalized spacial score (nSPS) is 13.0. The second-order valence-corrected chi connectivity index (χ2v) is 3.49. The minimum Gasteiger partial charge on any atom is -0.397 e. The highest BCUT2D eigenvalue weighted by atomic mass is 79.9. The zero-order chi connectivity index (χ0) is 7.56. The van der Waals surface area contributed by atoms with Gasteiger partial charge >= 0.3 is 0 Å². The lowest BCUT2D eigenvalue weighted by atomic mass is 10.2. The Balaban J connectivity index is 3.03. The molecule has 0 spiro atoms. The molecule has 0 aromatic carbocycles. The summed E-state index contributed by atoms with van der Waals surface area (Å²) in [5, 5.41) is 0. The molecule has 1 aromatic rings. The molecule has 0 saturated heterocycles.